The average molecular weight is 296 g/mol. The van der Waals surface area contributed by atoms with Crippen LogP contribution >= 0.6 is 11.5 Å². The molecule has 0 saturated carbocycles. The number of fused-ring (bicyclic) bond motifs is 1. The van der Waals surface area contributed by atoms with Crippen LogP contribution in [0.15, 0.2) is 54.6 Å². The predicted octanol–water partition coefficient (Wildman–Crippen LogP) is 3.76. The lowest BCUT2D eigenvalue weighted by molar-refractivity contribution is 0.966. The minimum atomic E-state index is 0.199. The molecule has 1 aromatic heterocycles. The van der Waals surface area contributed by atoms with Gasteiger partial charge in [-0.1, -0.05) is 30.3 Å². The first kappa shape index (κ1) is 13.6. The number of aromatic nitrogens is 1. The Labute approximate surface area is 127 Å². The molecule has 0 aliphatic carbocycles. The Bertz CT molecular complexity index is 751. The first-order valence-electron chi connectivity index (χ1n) is 6.75. The minimum Gasteiger partial charge on any atom is -0.388 e. The van der Waals surface area contributed by atoms with Crippen LogP contribution in [0.4, 0.5) is 10.7 Å². The van der Waals surface area contributed by atoms with Crippen LogP contribution in [0.25, 0.3) is 10.9 Å². The fraction of sp³-hybridized carbons (Fsp3) is 0.125. The van der Waals surface area contributed by atoms with E-state index < -0.39 is 0 Å². The molecule has 0 spiro atoms. The van der Waals surface area contributed by atoms with Gasteiger partial charge in [-0.3, -0.25) is 5.41 Å². The van der Waals surface area contributed by atoms with E-state index in [1.807, 2.05) is 36.4 Å². The molecular formula is C16H16N4S. The number of hydrogen-bond acceptors (Lipinski definition) is 4. The van der Waals surface area contributed by atoms with Crippen molar-refractivity contribution in [2.75, 3.05) is 11.4 Å². The van der Waals surface area contributed by atoms with Gasteiger partial charge in [0.2, 0.25) is 0 Å². The Balaban J connectivity index is 2.04. The molecule has 0 amide bonds. The summed E-state index contributed by atoms with van der Waals surface area (Å²) in [5.74, 6) is 0.199. The second-order valence-corrected chi connectivity index (χ2v) is 5.52. The minimum absolute atomic E-state index is 0.199. The summed E-state index contributed by atoms with van der Waals surface area (Å²) in [6, 6.07) is 18.3. The van der Waals surface area contributed by atoms with Gasteiger partial charge in [0.15, 0.2) is 0 Å². The normalized spacial score (nSPS) is 10.7. The number of amidine groups is 1. The molecule has 0 bridgehead atoms. The molecule has 0 aliphatic heterocycles. The van der Waals surface area contributed by atoms with E-state index >= 15 is 0 Å². The summed E-state index contributed by atoms with van der Waals surface area (Å²) in [5.41, 5.74) is 7.62. The zero-order chi connectivity index (χ0) is 14.7. The van der Waals surface area contributed by atoms with Gasteiger partial charge in [-0.05, 0) is 35.8 Å². The van der Waals surface area contributed by atoms with E-state index in [0.717, 1.165) is 21.6 Å². The lowest BCUT2D eigenvalue weighted by Gasteiger charge is -2.23. The number of para-hydroxylation sites is 1. The van der Waals surface area contributed by atoms with Crippen LogP contribution in [0.2, 0.25) is 0 Å². The number of nitrogens with two attached hydrogens (primary N) is 1. The molecule has 3 N–H and O–H groups in total. The molecule has 0 fully saturated rings. The Kier molecular flexibility index (Phi) is 3.83. The molecule has 1 heterocycles. The van der Waals surface area contributed by atoms with Crippen molar-refractivity contribution >= 4 is 39.0 Å². The summed E-state index contributed by atoms with van der Waals surface area (Å²) in [6.07, 6.45) is 0.529. The molecule has 4 nitrogen and oxygen atoms in total. The van der Waals surface area contributed by atoms with E-state index in [9.17, 15) is 0 Å². The molecule has 0 saturated heterocycles. The average Bonchev–Trinajstić information content (AvgIpc) is 2.93. The van der Waals surface area contributed by atoms with Crippen LogP contribution in [0.3, 0.4) is 0 Å². The fourth-order valence-corrected chi connectivity index (χ4v) is 3.17. The molecule has 106 valence electrons. The molecule has 3 aromatic rings. The molecular weight excluding hydrogens is 280 g/mol. The van der Waals surface area contributed by atoms with Crippen LogP contribution in [0, 0.1) is 5.41 Å². The van der Waals surface area contributed by atoms with Gasteiger partial charge in [0, 0.05) is 24.0 Å². The SMILES string of the molecule is N=C(N)CCN(c1ccccc1)c1snc2ccccc12. The standard InChI is InChI=1S/C16H16N4S/c17-15(18)10-11-20(12-6-2-1-3-7-12)16-13-8-4-5-9-14(13)19-21-16/h1-9H,10-11H2,(H3,17,18). The van der Waals surface area contributed by atoms with Gasteiger partial charge >= 0.3 is 0 Å². The Morgan fingerprint density at radius 1 is 1.10 bits per heavy atom. The van der Waals surface area contributed by atoms with E-state index in [1.165, 1.54) is 11.5 Å². The van der Waals surface area contributed by atoms with Gasteiger partial charge in [-0.15, -0.1) is 0 Å². The van der Waals surface area contributed by atoms with Crippen molar-refractivity contribution in [3.63, 3.8) is 0 Å². The van der Waals surface area contributed by atoms with Crippen LogP contribution in [0.1, 0.15) is 6.42 Å². The molecule has 21 heavy (non-hydrogen) atoms. The smallest absolute Gasteiger partial charge is 0.124 e. The zero-order valence-electron chi connectivity index (χ0n) is 11.5. The highest BCUT2D eigenvalue weighted by molar-refractivity contribution is 7.12. The molecule has 5 heteroatoms. The number of rotatable bonds is 5. The third-order valence-electron chi connectivity index (χ3n) is 3.28. The molecule has 0 atom stereocenters. The van der Waals surface area contributed by atoms with E-state index in [-0.39, 0.29) is 5.84 Å². The van der Waals surface area contributed by atoms with E-state index in [1.54, 1.807) is 0 Å². The highest BCUT2D eigenvalue weighted by Crippen LogP contribution is 2.35. The summed E-state index contributed by atoms with van der Waals surface area (Å²) in [4.78, 5) is 2.18. The Morgan fingerprint density at radius 3 is 2.57 bits per heavy atom. The molecule has 2 aromatic carbocycles. The molecule has 3 rings (SSSR count). The van der Waals surface area contributed by atoms with Crippen molar-refractivity contribution in [2.45, 2.75) is 6.42 Å². The molecule has 0 radical (unpaired) electrons. The van der Waals surface area contributed by atoms with E-state index in [4.69, 9.17) is 11.1 Å². The van der Waals surface area contributed by atoms with Crippen molar-refractivity contribution in [1.82, 2.24) is 4.37 Å². The van der Waals surface area contributed by atoms with Gasteiger partial charge in [0.05, 0.1) is 11.4 Å². The van der Waals surface area contributed by atoms with E-state index in [0.29, 0.717) is 13.0 Å². The van der Waals surface area contributed by atoms with Crippen molar-refractivity contribution in [3.05, 3.63) is 54.6 Å². The van der Waals surface area contributed by atoms with Gasteiger partial charge in [-0.2, -0.15) is 4.37 Å². The van der Waals surface area contributed by atoms with Crippen LogP contribution in [-0.4, -0.2) is 16.8 Å². The predicted molar refractivity (Wildman–Crippen MR) is 89.6 cm³/mol. The second-order valence-electron chi connectivity index (χ2n) is 4.77. The lowest BCUT2D eigenvalue weighted by Crippen LogP contribution is -2.23. The number of anilines is 2. The number of hydrogen-bond donors (Lipinski definition) is 2. The third kappa shape index (κ3) is 2.87. The van der Waals surface area contributed by atoms with Gasteiger partial charge < -0.3 is 10.6 Å². The van der Waals surface area contributed by atoms with Crippen LogP contribution in [0.5, 0.6) is 0 Å². The first-order chi connectivity index (χ1) is 10.3. The summed E-state index contributed by atoms with van der Waals surface area (Å²) in [6.45, 7) is 0.672. The van der Waals surface area contributed by atoms with Crippen molar-refractivity contribution < 1.29 is 0 Å². The fourth-order valence-electron chi connectivity index (χ4n) is 2.26. The Hall–Kier alpha value is -2.40. The van der Waals surface area contributed by atoms with Gasteiger partial charge in [0.1, 0.15) is 5.00 Å². The lowest BCUT2D eigenvalue weighted by atomic mass is 10.2. The second kappa shape index (κ2) is 5.93. The van der Waals surface area contributed by atoms with E-state index in [2.05, 4.69) is 27.5 Å². The topological polar surface area (TPSA) is 66.0 Å². The maximum absolute atomic E-state index is 7.48. The summed E-state index contributed by atoms with van der Waals surface area (Å²) in [5, 5.41) is 9.71. The number of benzene rings is 2. The largest absolute Gasteiger partial charge is 0.388 e. The van der Waals surface area contributed by atoms with Gasteiger partial charge in [-0.25, -0.2) is 0 Å². The monoisotopic (exact) mass is 296 g/mol. The number of nitrogens with zero attached hydrogens (tertiary/aromatic N) is 2. The summed E-state index contributed by atoms with van der Waals surface area (Å²) < 4.78 is 4.51. The highest BCUT2D eigenvalue weighted by Gasteiger charge is 2.15. The van der Waals surface area contributed by atoms with Crippen molar-refractivity contribution in [1.29, 1.82) is 5.41 Å². The summed E-state index contributed by atoms with van der Waals surface area (Å²) in [7, 11) is 0. The quantitative estimate of drug-likeness (QED) is 0.556. The summed E-state index contributed by atoms with van der Waals surface area (Å²) >= 11 is 1.48. The zero-order valence-corrected chi connectivity index (χ0v) is 12.3. The third-order valence-corrected chi connectivity index (χ3v) is 4.18. The van der Waals surface area contributed by atoms with Crippen LogP contribution < -0.4 is 10.6 Å². The molecule has 0 aliphatic rings. The van der Waals surface area contributed by atoms with Gasteiger partial charge in [0.25, 0.3) is 0 Å². The highest BCUT2D eigenvalue weighted by atomic mass is 32.1. The van der Waals surface area contributed by atoms with Crippen molar-refractivity contribution in [2.24, 2.45) is 5.73 Å². The van der Waals surface area contributed by atoms with Crippen molar-refractivity contribution in [3.8, 4) is 0 Å². The maximum Gasteiger partial charge on any atom is 0.124 e. The maximum atomic E-state index is 7.48. The molecule has 0 unspecified atom stereocenters. The Morgan fingerprint density at radius 2 is 1.81 bits per heavy atom. The number of nitrogens with one attached hydrogen (secondary N) is 1. The first-order valence-corrected chi connectivity index (χ1v) is 7.53. The van der Waals surface area contributed by atoms with Crippen LogP contribution in [-0.2, 0) is 0 Å².